The summed E-state index contributed by atoms with van der Waals surface area (Å²) in [5.41, 5.74) is 2.73. The lowest BCUT2D eigenvalue weighted by molar-refractivity contribution is -0.136. The number of nitrogens with one attached hydrogen (secondary N) is 3. The van der Waals surface area contributed by atoms with E-state index in [0.717, 1.165) is 55.8 Å². The van der Waals surface area contributed by atoms with E-state index < -0.39 is 11.5 Å². The molecule has 1 unspecified atom stereocenters. The average Bonchev–Trinajstić information content (AvgIpc) is 3.52. The Morgan fingerprint density at radius 1 is 1.06 bits per heavy atom. The number of imidazole rings is 1. The Morgan fingerprint density at radius 2 is 1.85 bits per heavy atom. The van der Waals surface area contributed by atoms with Crippen LogP contribution in [0.25, 0.3) is 5.65 Å². The number of piperidine rings is 2. The van der Waals surface area contributed by atoms with Crippen molar-refractivity contribution in [3.63, 3.8) is 0 Å². The van der Waals surface area contributed by atoms with Gasteiger partial charge in [-0.05, 0) is 75.6 Å². The number of likely N-dealkylation sites (tertiary alicyclic amines) is 1. The first-order chi connectivity index (χ1) is 25.5. The van der Waals surface area contributed by atoms with Gasteiger partial charge in [0.15, 0.2) is 0 Å². The van der Waals surface area contributed by atoms with Crippen LogP contribution >= 0.6 is 0 Å². The number of pyridine rings is 3. The Kier molecular flexibility index (Phi) is 8.99. The van der Waals surface area contributed by atoms with E-state index in [9.17, 15) is 24.0 Å². The molecule has 4 fully saturated rings. The van der Waals surface area contributed by atoms with Gasteiger partial charge in [-0.3, -0.25) is 29.3 Å². The lowest BCUT2D eigenvalue weighted by atomic mass is 9.57. The summed E-state index contributed by atoms with van der Waals surface area (Å²) in [5, 5.41) is 5.10. The van der Waals surface area contributed by atoms with Gasteiger partial charge in [-0.15, -0.1) is 0 Å². The van der Waals surface area contributed by atoms with Gasteiger partial charge in [-0.1, -0.05) is 6.07 Å². The van der Waals surface area contributed by atoms with E-state index in [1.807, 2.05) is 41.5 Å². The molecule has 7 heterocycles. The summed E-state index contributed by atoms with van der Waals surface area (Å²) in [4.78, 5) is 78.8. The topological polar surface area (TPSA) is 171 Å². The third-order valence-corrected chi connectivity index (χ3v) is 11.2. The van der Waals surface area contributed by atoms with Crippen LogP contribution in [0.2, 0.25) is 0 Å². The molecule has 4 aliphatic rings. The Morgan fingerprint density at radius 3 is 2.55 bits per heavy atom. The molecule has 14 nitrogen and oxygen atoms in total. The first-order valence-corrected chi connectivity index (χ1v) is 18.5. The minimum Gasteiger partial charge on any atom is -0.490 e. The number of hydrogen-bond acceptors (Lipinski definition) is 9. The number of hydrogen-bond donors (Lipinski definition) is 3. The van der Waals surface area contributed by atoms with Gasteiger partial charge in [0.25, 0.3) is 11.5 Å². The molecule has 14 heteroatoms. The van der Waals surface area contributed by atoms with E-state index in [2.05, 4.69) is 25.5 Å². The predicted octanol–water partition coefficient (Wildman–Crippen LogP) is 3.99. The van der Waals surface area contributed by atoms with E-state index >= 15 is 0 Å². The standard InChI is InChI=1S/C39H44N8O6/c1-23(2)53-31-15-33-42-30(20-46(33)19-28(31)37(51)43-29-4-3-11-40-38(29)52)25-9-12-45(13-10-25)35(49)14-24-16-39(17-24)21-47(22-39)32-7-5-26(18-41-32)27-6-8-34(48)44-36(27)50/h3-5,7,11,15,18-20,23-25,27H,6,8-10,12-14,16-17,21-22H2,1-2H3,(H,40,52)(H,43,51)(H,44,48,50). The monoisotopic (exact) mass is 720 g/mol. The zero-order valence-corrected chi connectivity index (χ0v) is 30.0. The third kappa shape index (κ3) is 7.01. The Bertz CT molecular complexity index is 2120. The summed E-state index contributed by atoms with van der Waals surface area (Å²) in [6.45, 7) is 7.00. The highest BCUT2D eigenvalue weighted by Crippen LogP contribution is 2.54. The molecule has 3 N–H and O–H groups in total. The smallest absolute Gasteiger partial charge is 0.271 e. The molecular formula is C39H44N8O6. The normalized spacial score (nSPS) is 20.3. The number of H-pyrrole nitrogens is 1. The number of ether oxygens (including phenoxy) is 1. The largest absolute Gasteiger partial charge is 0.490 e. The molecule has 1 spiro atoms. The van der Waals surface area contributed by atoms with Crippen molar-refractivity contribution in [3.8, 4) is 5.75 Å². The summed E-state index contributed by atoms with van der Waals surface area (Å²) in [6, 6.07) is 8.86. The highest BCUT2D eigenvalue weighted by atomic mass is 16.5. The second-order valence-corrected chi connectivity index (χ2v) is 15.5. The number of anilines is 2. The number of nitrogens with zero attached hydrogens (tertiary/aromatic N) is 5. The van der Waals surface area contributed by atoms with Gasteiger partial charge in [-0.2, -0.15) is 0 Å². The second kappa shape index (κ2) is 13.8. The van der Waals surface area contributed by atoms with Crippen LogP contribution in [0.5, 0.6) is 5.75 Å². The van der Waals surface area contributed by atoms with Gasteiger partial charge in [0, 0.05) is 81.2 Å². The first kappa shape index (κ1) is 34.6. The maximum Gasteiger partial charge on any atom is 0.271 e. The zero-order valence-electron chi connectivity index (χ0n) is 30.0. The molecule has 0 aromatic carbocycles. The minimum absolute atomic E-state index is 0.150. The Balaban J connectivity index is 0.822. The molecule has 4 amide bonds. The van der Waals surface area contributed by atoms with Gasteiger partial charge < -0.3 is 29.2 Å². The van der Waals surface area contributed by atoms with Gasteiger partial charge >= 0.3 is 0 Å². The first-order valence-electron chi connectivity index (χ1n) is 18.5. The average molecular weight is 721 g/mol. The highest BCUT2D eigenvalue weighted by molar-refractivity contribution is 6.06. The number of imide groups is 1. The number of amides is 4. The zero-order chi connectivity index (χ0) is 36.9. The molecule has 0 radical (unpaired) electrons. The van der Waals surface area contributed by atoms with Gasteiger partial charge in [0.2, 0.25) is 17.7 Å². The molecular weight excluding hydrogens is 676 g/mol. The number of fused-ring (bicyclic) bond motifs is 1. The molecule has 1 atom stereocenters. The fraction of sp³-hybridized carbons (Fsp3) is 0.462. The van der Waals surface area contributed by atoms with Crippen molar-refractivity contribution in [2.75, 3.05) is 36.4 Å². The van der Waals surface area contributed by atoms with E-state index in [1.165, 1.54) is 6.20 Å². The maximum absolute atomic E-state index is 13.3. The van der Waals surface area contributed by atoms with Gasteiger partial charge in [0.1, 0.15) is 22.9 Å². The number of aromatic amines is 1. The van der Waals surface area contributed by atoms with E-state index in [4.69, 9.17) is 9.72 Å². The van der Waals surface area contributed by atoms with Crippen molar-refractivity contribution in [3.05, 3.63) is 82.3 Å². The quantitative estimate of drug-likeness (QED) is 0.216. The fourth-order valence-corrected chi connectivity index (χ4v) is 8.56. The molecule has 53 heavy (non-hydrogen) atoms. The molecule has 3 saturated heterocycles. The van der Waals surface area contributed by atoms with Gasteiger partial charge in [-0.25, -0.2) is 9.97 Å². The van der Waals surface area contributed by atoms with Crippen LogP contribution in [0.1, 0.15) is 92.2 Å². The maximum atomic E-state index is 13.3. The molecule has 0 bridgehead atoms. The summed E-state index contributed by atoms with van der Waals surface area (Å²) >= 11 is 0. The van der Waals surface area contributed by atoms with E-state index in [0.29, 0.717) is 55.2 Å². The summed E-state index contributed by atoms with van der Waals surface area (Å²) in [5.74, 6) is 0.848. The molecule has 1 aliphatic carbocycles. The van der Waals surface area contributed by atoms with Crippen molar-refractivity contribution < 1.29 is 23.9 Å². The van der Waals surface area contributed by atoms with Crippen LogP contribution in [-0.4, -0.2) is 80.2 Å². The molecule has 8 rings (SSSR count). The summed E-state index contributed by atoms with van der Waals surface area (Å²) < 4.78 is 7.82. The highest BCUT2D eigenvalue weighted by Gasteiger charge is 2.53. The summed E-state index contributed by atoms with van der Waals surface area (Å²) in [7, 11) is 0. The summed E-state index contributed by atoms with van der Waals surface area (Å²) in [6.07, 6.45) is 11.9. The van der Waals surface area contributed by atoms with Crippen LogP contribution < -0.4 is 25.8 Å². The number of aromatic nitrogens is 4. The van der Waals surface area contributed by atoms with Crippen LogP contribution in [0.15, 0.2) is 59.9 Å². The number of carbonyl (C=O) groups excluding carboxylic acids is 4. The van der Waals surface area contributed by atoms with Crippen LogP contribution in [0.3, 0.4) is 0 Å². The van der Waals surface area contributed by atoms with E-state index in [1.54, 1.807) is 30.6 Å². The molecule has 3 aliphatic heterocycles. The fourth-order valence-electron chi connectivity index (χ4n) is 8.56. The second-order valence-electron chi connectivity index (χ2n) is 15.5. The van der Waals surface area contributed by atoms with Crippen molar-refractivity contribution in [2.45, 2.75) is 76.7 Å². The lowest BCUT2D eigenvalue weighted by Crippen LogP contribution is -2.63. The lowest BCUT2D eigenvalue weighted by Gasteiger charge is -2.59. The van der Waals surface area contributed by atoms with Crippen molar-refractivity contribution in [2.24, 2.45) is 11.3 Å². The molecule has 1 saturated carbocycles. The van der Waals surface area contributed by atoms with Gasteiger partial charge in [0.05, 0.1) is 23.3 Å². The minimum atomic E-state index is -0.455. The molecule has 4 aromatic rings. The number of rotatable bonds is 9. The van der Waals surface area contributed by atoms with Crippen LogP contribution in [0, 0.1) is 11.3 Å². The van der Waals surface area contributed by atoms with Crippen molar-refractivity contribution in [1.29, 1.82) is 0 Å². The Labute approximate surface area is 306 Å². The predicted molar refractivity (Wildman–Crippen MR) is 196 cm³/mol. The number of carbonyl (C=O) groups is 4. The van der Waals surface area contributed by atoms with E-state index in [-0.39, 0.29) is 46.8 Å². The van der Waals surface area contributed by atoms with Crippen LogP contribution in [0.4, 0.5) is 11.5 Å². The Hall–Kier alpha value is -5.53. The van der Waals surface area contributed by atoms with Crippen molar-refractivity contribution in [1.82, 2.24) is 29.6 Å². The van der Waals surface area contributed by atoms with Crippen LogP contribution in [-0.2, 0) is 14.4 Å². The SMILES string of the molecule is CC(C)Oc1cc2nc(C3CCN(C(=O)CC4CC5(C4)CN(c4ccc(C6CCC(=O)NC6=O)cn4)C5)CC3)cn2cc1C(=O)Nc1ccc[nH]c1=O. The molecule has 276 valence electrons. The third-order valence-electron chi connectivity index (χ3n) is 11.2. The van der Waals surface area contributed by atoms with Crippen molar-refractivity contribution >= 4 is 40.8 Å². The molecule has 4 aromatic heterocycles.